The molecule has 86 valence electrons. The Morgan fingerprint density at radius 3 is 2.00 bits per heavy atom. The molecule has 2 nitrogen and oxygen atoms in total. The van der Waals surface area contributed by atoms with E-state index < -0.39 is 8.32 Å². The van der Waals surface area contributed by atoms with Crippen LogP contribution in [-0.4, -0.2) is 21.5 Å². The summed E-state index contributed by atoms with van der Waals surface area (Å²) < 4.78 is 5.98. The Bertz CT molecular complexity index is 155. The molecule has 0 aliphatic heterocycles. The van der Waals surface area contributed by atoms with Gasteiger partial charge in [-0.2, -0.15) is 0 Å². The zero-order chi connectivity index (χ0) is 11.2. The van der Waals surface area contributed by atoms with Crippen molar-refractivity contribution in [3.05, 3.63) is 0 Å². The molecule has 0 amide bonds. The smallest absolute Gasteiger partial charge is 0.854 e. The van der Waals surface area contributed by atoms with Gasteiger partial charge in [0.25, 0.3) is 0 Å². The minimum atomic E-state index is -1.54. The molecule has 0 rings (SSSR count). The monoisotopic (exact) mass is 224 g/mol. The summed E-state index contributed by atoms with van der Waals surface area (Å²) in [6, 6.07) is 0. The second kappa shape index (κ2) is 7.92. The minimum absolute atomic E-state index is 0. The van der Waals surface area contributed by atoms with Crippen molar-refractivity contribution in [3.63, 3.8) is 0 Å². The molecule has 0 fully saturated rings. The molecule has 0 heterocycles. The first-order valence-corrected chi connectivity index (χ1v) is 8.44. The van der Waals surface area contributed by atoms with Crippen LogP contribution >= 0.6 is 0 Å². The summed E-state index contributed by atoms with van der Waals surface area (Å²) in [7, 11) is -1.54. The van der Waals surface area contributed by atoms with Crippen molar-refractivity contribution in [3.8, 4) is 0 Å². The molecular weight excluding hydrogens is 199 g/mol. The molecule has 0 aromatic carbocycles. The predicted molar refractivity (Wildman–Crippen MR) is 61.9 cm³/mol. The molecule has 0 atom stereocenters. The van der Waals surface area contributed by atoms with Gasteiger partial charge in [0, 0.05) is 6.61 Å². The fourth-order valence-corrected chi connectivity index (χ4v) is 2.01. The van der Waals surface area contributed by atoms with Gasteiger partial charge >= 0.3 is 18.9 Å². The minimum Gasteiger partial charge on any atom is -0.854 e. The fraction of sp³-hybridized carbons (Fsp3) is 1.00. The maximum absolute atomic E-state index is 10.2. The Morgan fingerprint density at radius 1 is 1.07 bits per heavy atom. The Kier molecular flexibility index (Phi) is 9.56. The average molecular weight is 224 g/mol. The summed E-state index contributed by atoms with van der Waals surface area (Å²) in [4.78, 5) is 0. The van der Waals surface area contributed by atoms with Crippen LogP contribution in [0.1, 0.15) is 40.0 Å². The van der Waals surface area contributed by atoms with Crippen molar-refractivity contribution in [2.45, 2.75) is 58.2 Å². The summed E-state index contributed by atoms with van der Waals surface area (Å²) in [5.74, 6) is 0. The van der Waals surface area contributed by atoms with E-state index in [-0.39, 0.29) is 25.5 Å². The zero-order valence-electron chi connectivity index (χ0n) is 11.4. The van der Waals surface area contributed by atoms with Crippen LogP contribution in [0.25, 0.3) is 0 Å². The van der Waals surface area contributed by atoms with E-state index in [1.807, 2.05) is 0 Å². The molecule has 0 aromatic heterocycles. The fourth-order valence-electron chi connectivity index (χ4n) is 0.925. The van der Waals surface area contributed by atoms with Gasteiger partial charge in [-0.1, -0.05) is 33.6 Å². The first-order valence-electron chi connectivity index (χ1n) is 5.53. The Hall–Kier alpha value is 0.734. The number of unbranched alkanes of at least 4 members (excludes halogenated alkanes) is 2. The average Bonchev–Trinajstić information content (AvgIpc) is 2.02. The normalized spacial score (nSPS) is 12.4. The van der Waals surface area contributed by atoms with Crippen LogP contribution in [0, 0.1) is 0 Å². The maximum Gasteiger partial charge on any atom is 1.00 e. The van der Waals surface area contributed by atoms with Crippen molar-refractivity contribution in [1.82, 2.24) is 0 Å². The van der Waals surface area contributed by atoms with E-state index in [9.17, 15) is 5.11 Å². The van der Waals surface area contributed by atoms with Crippen LogP contribution in [0.3, 0.4) is 0 Å². The topological polar surface area (TPSA) is 32.3 Å². The van der Waals surface area contributed by atoms with Crippen LogP contribution in [0.4, 0.5) is 0 Å². The molecule has 15 heavy (non-hydrogen) atoms. The van der Waals surface area contributed by atoms with Crippen molar-refractivity contribution in [2.24, 2.45) is 0 Å². The first-order chi connectivity index (χ1) is 6.31. The zero-order valence-corrected chi connectivity index (χ0v) is 12.4. The largest absolute Gasteiger partial charge is 1.00 e. The van der Waals surface area contributed by atoms with Crippen molar-refractivity contribution < 1.29 is 28.4 Å². The van der Waals surface area contributed by atoms with Gasteiger partial charge in [-0.05, 0) is 24.6 Å². The molecule has 0 spiro atoms. The molecule has 0 radical (unpaired) electrons. The molecule has 0 saturated carbocycles. The van der Waals surface area contributed by atoms with Gasteiger partial charge < -0.3 is 9.53 Å². The van der Waals surface area contributed by atoms with Crippen LogP contribution in [0.2, 0.25) is 18.1 Å². The molecular formula is C11H25LiO2Si. The quantitative estimate of drug-likeness (QED) is 0.452. The summed E-state index contributed by atoms with van der Waals surface area (Å²) in [6.07, 6.45) is 2.84. The molecule has 0 unspecified atom stereocenters. The van der Waals surface area contributed by atoms with Crippen LogP contribution in [0.15, 0.2) is 0 Å². The number of hydrogen-bond donors (Lipinski definition) is 0. The second-order valence-corrected chi connectivity index (χ2v) is 10.2. The van der Waals surface area contributed by atoms with Crippen molar-refractivity contribution >= 4 is 8.32 Å². The standard InChI is InChI=1S/C11H25O2Si.Li/c1-11(2,3)14(4,5)13-10-8-6-7-9-12;/h6-10H2,1-5H3;/q-1;+1. The number of rotatable bonds is 6. The molecule has 0 aliphatic rings. The van der Waals surface area contributed by atoms with Crippen LogP contribution in [0.5, 0.6) is 0 Å². The van der Waals surface area contributed by atoms with Gasteiger partial charge in [0.2, 0.25) is 0 Å². The van der Waals surface area contributed by atoms with Crippen molar-refractivity contribution in [2.75, 3.05) is 13.2 Å². The van der Waals surface area contributed by atoms with Crippen LogP contribution in [-0.2, 0) is 4.43 Å². The summed E-state index contributed by atoms with van der Waals surface area (Å²) in [6.45, 7) is 12.2. The van der Waals surface area contributed by atoms with E-state index in [0.717, 1.165) is 25.9 Å². The van der Waals surface area contributed by atoms with Gasteiger partial charge in [-0.3, -0.25) is 0 Å². The third-order valence-electron chi connectivity index (χ3n) is 3.06. The van der Waals surface area contributed by atoms with E-state index in [0.29, 0.717) is 5.04 Å². The van der Waals surface area contributed by atoms with Gasteiger partial charge in [0.15, 0.2) is 8.32 Å². The summed E-state index contributed by atoms with van der Waals surface area (Å²) in [5.41, 5.74) is 0. The molecule has 0 aromatic rings. The predicted octanol–water partition coefficient (Wildman–Crippen LogP) is -0.457. The maximum atomic E-state index is 10.2. The molecule has 4 heteroatoms. The van der Waals surface area contributed by atoms with Gasteiger partial charge in [0.1, 0.15) is 0 Å². The molecule has 0 N–H and O–H groups in total. The van der Waals surface area contributed by atoms with E-state index in [1.165, 1.54) is 0 Å². The SMILES string of the molecule is CC(C)(C)[Si](C)(C)OCCCCC[O-].[Li+]. The Balaban J connectivity index is 0. The van der Waals surface area contributed by atoms with Crippen LogP contribution < -0.4 is 24.0 Å². The van der Waals surface area contributed by atoms with E-state index in [2.05, 4.69) is 33.9 Å². The van der Waals surface area contributed by atoms with Gasteiger partial charge in [-0.15, -0.1) is 6.61 Å². The van der Waals surface area contributed by atoms with Crippen molar-refractivity contribution in [1.29, 1.82) is 0 Å². The third kappa shape index (κ3) is 7.60. The Morgan fingerprint density at radius 2 is 1.60 bits per heavy atom. The van der Waals surface area contributed by atoms with Gasteiger partial charge in [0.05, 0.1) is 0 Å². The summed E-state index contributed by atoms with van der Waals surface area (Å²) in [5, 5.41) is 10.5. The van der Waals surface area contributed by atoms with E-state index in [4.69, 9.17) is 4.43 Å². The molecule has 0 saturated heterocycles. The second-order valence-electron chi connectivity index (χ2n) is 5.37. The first kappa shape index (κ1) is 18.1. The Labute approximate surface area is 108 Å². The summed E-state index contributed by atoms with van der Waals surface area (Å²) >= 11 is 0. The van der Waals surface area contributed by atoms with E-state index in [1.54, 1.807) is 0 Å². The molecule has 0 bridgehead atoms. The third-order valence-corrected chi connectivity index (χ3v) is 7.60. The number of hydrogen-bond acceptors (Lipinski definition) is 2. The van der Waals surface area contributed by atoms with Gasteiger partial charge in [-0.25, -0.2) is 0 Å². The van der Waals surface area contributed by atoms with E-state index >= 15 is 0 Å². The molecule has 0 aliphatic carbocycles.